The lowest BCUT2D eigenvalue weighted by atomic mass is 9.98. The van der Waals surface area contributed by atoms with Gasteiger partial charge in [-0.3, -0.25) is 4.79 Å². The lowest BCUT2D eigenvalue weighted by Gasteiger charge is -2.20. The van der Waals surface area contributed by atoms with Crippen LogP contribution in [0.25, 0.3) is 11.1 Å². The Balaban J connectivity index is 1.16. The summed E-state index contributed by atoms with van der Waals surface area (Å²) in [5.74, 6) is -1.18. The number of ether oxygens (including phenoxy) is 1. The van der Waals surface area contributed by atoms with Crippen molar-refractivity contribution in [2.45, 2.75) is 38.4 Å². The van der Waals surface area contributed by atoms with Gasteiger partial charge in [0.2, 0.25) is 5.91 Å². The highest BCUT2D eigenvalue weighted by atomic mass is 16.5. The van der Waals surface area contributed by atoms with Crippen molar-refractivity contribution in [3.05, 3.63) is 94.5 Å². The summed E-state index contributed by atoms with van der Waals surface area (Å²) < 4.78 is 5.57. The van der Waals surface area contributed by atoms with Crippen LogP contribution in [-0.4, -0.2) is 40.6 Å². The van der Waals surface area contributed by atoms with E-state index in [4.69, 9.17) is 4.74 Å². The van der Waals surface area contributed by atoms with Gasteiger partial charge in [-0.05, 0) is 46.4 Å². The number of carbonyl (C=O) groups excluding carboxylic acids is 2. The topological polar surface area (TPSA) is 95.9 Å². The standard InChI is InChI=1S/C28H26N2O5/c1-17(13-26(31)30-14-18-7-6-12-23(27(32)33)24(18)15-30)29-28(34)35-16-25-21-10-4-2-8-19(21)20-9-3-5-11-22(20)25/h2-12,17,25H,13-16H2,1H3,(H,29,34)(H,32,33)/t17-/m1/s1. The molecular weight excluding hydrogens is 444 g/mol. The minimum atomic E-state index is -0.999. The van der Waals surface area contributed by atoms with Crippen LogP contribution in [-0.2, 0) is 22.6 Å². The molecule has 2 aliphatic rings. The normalized spacial score (nSPS) is 14.6. The molecule has 0 fully saturated rings. The molecule has 3 aromatic carbocycles. The number of benzene rings is 3. The summed E-state index contributed by atoms with van der Waals surface area (Å²) in [6, 6.07) is 20.9. The predicted molar refractivity (Wildman–Crippen MR) is 130 cm³/mol. The number of hydrogen-bond donors (Lipinski definition) is 2. The molecule has 5 rings (SSSR count). The molecule has 0 saturated heterocycles. The Labute approximate surface area is 203 Å². The molecule has 7 heteroatoms. The summed E-state index contributed by atoms with van der Waals surface area (Å²) in [6.45, 7) is 2.59. The SMILES string of the molecule is C[C@H](CC(=O)N1Cc2cccc(C(=O)O)c2C1)NC(=O)OCC1c2ccccc2-c2ccccc21. The van der Waals surface area contributed by atoms with E-state index in [-0.39, 0.29) is 37.0 Å². The molecule has 1 atom stereocenters. The zero-order chi connectivity index (χ0) is 24.5. The fourth-order valence-corrected chi connectivity index (χ4v) is 5.08. The lowest BCUT2D eigenvalue weighted by Crippen LogP contribution is -2.38. The molecule has 2 N–H and O–H groups in total. The average Bonchev–Trinajstić information content (AvgIpc) is 3.42. The van der Waals surface area contributed by atoms with E-state index in [0.29, 0.717) is 12.1 Å². The average molecular weight is 471 g/mol. The van der Waals surface area contributed by atoms with Crippen molar-refractivity contribution in [1.29, 1.82) is 0 Å². The highest BCUT2D eigenvalue weighted by Gasteiger charge is 2.30. The number of rotatable bonds is 6. The fourth-order valence-electron chi connectivity index (χ4n) is 5.08. The number of carboxylic acid groups (broad SMARTS) is 1. The fraction of sp³-hybridized carbons (Fsp3) is 0.250. The molecule has 178 valence electrons. The Morgan fingerprint density at radius 3 is 2.29 bits per heavy atom. The van der Waals surface area contributed by atoms with Crippen LogP contribution < -0.4 is 5.32 Å². The van der Waals surface area contributed by atoms with E-state index in [0.717, 1.165) is 27.8 Å². The third kappa shape index (κ3) is 4.37. The van der Waals surface area contributed by atoms with E-state index in [1.165, 1.54) is 0 Å². The van der Waals surface area contributed by atoms with Gasteiger partial charge in [0.15, 0.2) is 0 Å². The van der Waals surface area contributed by atoms with Crippen LogP contribution in [0.15, 0.2) is 66.7 Å². The van der Waals surface area contributed by atoms with Gasteiger partial charge in [-0.2, -0.15) is 0 Å². The summed E-state index contributed by atoms with van der Waals surface area (Å²) in [4.78, 5) is 38.4. The number of hydrogen-bond acceptors (Lipinski definition) is 4. The monoisotopic (exact) mass is 470 g/mol. The number of carboxylic acids is 1. The number of fused-ring (bicyclic) bond motifs is 4. The Hall–Kier alpha value is -4.13. The van der Waals surface area contributed by atoms with E-state index < -0.39 is 18.1 Å². The molecule has 1 aliphatic carbocycles. The van der Waals surface area contributed by atoms with E-state index in [9.17, 15) is 19.5 Å². The Morgan fingerprint density at radius 2 is 1.63 bits per heavy atom. The van der Waals surface area contributed by atoms with Crippen molar-refractivity contribution in [3.63, 3.8) is 0 Å². The second-order valence-corrected chi connectivity index (χ2v) is 9.07. The largest absolute Gasteiger partial charge is 0.478 e. The molecule has 0 spiro atoms. The van der Waals surface area contributed by atoms with Crippen molar-refractivity contribution >= 4 is 18.0 Å². The molecule has 0 saturated carbocycles. The van der Waals surface area contributed by atoms with Crippen LogP contribution in [0, 0.1) is 0 Å². The molecule has 35 heavy (non-hydrogen) atoms. The van der Waals surface area contributed by atoms with Crippen LogP contribution in [0.4, 0.5) is 4.79 Å². The summed E-state index contributed by atoms with van der Waals surface area (Å²) in [5.41, 5.74) is 6.34. The highest BCUT2D eigenvalue weighted by Crippen LogP contribution is 2.44. The van der Waals surface area contributed by atoms with E-state index in [1.54, 1.807) is 24.0 Å². The smallest absolute Gasteiger partial charge is 0.407 e. The molecule has 7 nitrogen and oxygen atoms in total. The first-order chi connectivity index (χ1) is 16.9. The van der Waals surface area contributed by atoms with Gasteiger partial charge in [-0.1, -0.05) is 60.7 Å². The van der Waals surface area contributed by atoms with Crippen molar-refractivity contribution in [3.8, 4) is 11.1 Å². The molecule has 0 unspecified atom stereocenters. The highest BCUT2D eigenvalue weighted by molar-refractivity contribution is 5.90. The van der Waals surface area contributed by atoms with Crippen LogP contribution in [0.5, 0.6) is 0 Å². The Morgan fingerprint density at radius 1 is 0.971 bits per heavy atom. The molecule has 0 radical (unpaired) electrons. The van der Waals surface area contributed by atoms with Crippen molar-refractivity contribution in [2.24, 2.45) is 0 Å². The van der Waals surface area contributed by atoms with Gasteiger partial charge < -0.3 is 20.1 Å². The van der Waals surface area contributed by atoms with Gasteiger partial charge in [0.1, 0.15) is 6.61 Å². The third-order valence-corrected chi connectivity index (χ3v) is 6.76. The quantitative estimate of drug-likeness (QED) is 0.551. The zero-order valence-electron chi connectivity index (χ0n) is 19.4. The van der Waals surface area contributed by atoms with Crippen LogP contribution in [0.2, 0.25) is 0 Å². The first-order valence-electron chi connectivity index (χ1n) is 11.7. The number of amides is 2. The van der Waals surface area contributed by atoms with Gasteiger partial charge in [0, 0.05) is 31.5 Å². The second-order valence-electron chi connectivity index (χ2n) is 9.07. The van der Waals surface area contributed by atoms with Crippen LogP contribution in [0.1, 0.15) is 51.9 Å². The van der Waals surface area contributed by atoms with Crippen molar-refractivity contribution in [2.75, 3.05) is 6.61 Å². The van der Waals surface area contributed by atoms with Gasteiger partial charge in [0.25, 0.3) is 0 Å². The van der Waals surface area contributed by atoms with Crippen molar-refractivity contribution in [1.82, 2.24) is 10.2 Å². The molecular formula is C28H26N2O5. The number of nitrogens with zero attached hydrogens (tertiary/aromatic N) is 1. The van der Waals surface area contributed by atoms with E-state index >= 15 is 0 Å². The van der Waals surface area contributed by atoms with Crippen molar-refractivity contribution < 1.29 is 24.2 Å². The van der Waals surface area contributed by atoms with Crippen LogP contribution >= 0.6 is 0 Å². The first-order valence-corrected chi connectivity index (χ1v) is 11.7. The lowest BCUT2D eigenvalue weighted by molar-refractivity contribution is -0.132. The van der Waals surface area contributed by atoms with E-state index in [1.807, 2.05) is 30.3 Å². The molecule has 0 aromatic heterocycles. The summed E-state index contributed by atoms with van der Waals surface area (Å²) in [6.07, 6.45) is -0.467. The maximum Gasteiger partial charge on any atom is 0.407 e. The Bertz CT molecular complexity index is 1270. The number of alkyl carbamates (subject to hydrolysis) is 1. The third-order valence-electron chi connectivity index (χ3n) is 6.76. The predicted octanol–water partition coefficient (Wildman–Crippen LogP) is 4.54. The number of carbonyl (C=O) groups is 3. The van der Waals surface area contributed by atoms with Crippen LogP contribution in [0.3, 0.4) is 0 Å². The molecule has 1 aliphatic heterocycles. The second kappa shape index (κ2) is 9.25. The molecule has 0 bridgehead atoms. The Kier molecular flexibility index (Phi) is 5.99. The maximum atomic E-state index is 12.8. The zero-order valence-corrected chi connectivity index (χ0v) is 19.4. The minimum absolute atomic E-state index is 0.0309. The van der Waals surface area contributed by atoms with Gasteiger partial charge in [-0.15, -0.1) is 0 Å². The molecule has 3 aromatic rings. The minimum Gasteiger partial charge on any atom is -0.478 e. The number of aromatic carboxylic acids is 1. The first kappa shape index (κ1) is 22.7. The maximum absolute atomic E-state index is 12.8. The van der Waals surface area contributed by atoms with E-state index in [2.05, 4.69) is 29.6 Å². The number of nitrogens with one attached hydrogen (secondary N) is 1. The summed E-state index contributed by atoms with van der Waals surface area (Å²) in [7, 11) is 0. The van der Waals surface area contributed by atoms with Gasteiger partial charge in [-0.25, -0.2) is 9.59 Å². The summed E-state index contributed by atoms with van der Waals surface area (Å²) in [5, 5.41) is 12.1. The molecule has 2 amide bonds. The summed E-state index contributed by atoms with van der Waals surface area (Å²) >= 11 is 0. The van der Waals surface area contributed by atoms with Gasteiger partial charge in [0.05, 0.1) is 5.56 Å². The molecule has 1 heterocycles. The van der Waals surface area contributed by atoms with Gasteiger partial charge >= 0.3 is 12.1 Å².